The molecule has 0 bridgehead atoms. The van der Waals surface area contributed by atoms with Crippen LogP contribution in [0.5, 0.6) is 0 Å². The maximum atomic E-state index is 13.3. The molecule has 1 aliphatic carbocycles. The van der Waals surface area contributed by atoms with Crippen LogP contribution in [0.4, 0.5) is 17.3 Å². The minimum absolute atomic E-state index is 0.000175. The molecule has 0 atom stereocenters. The maximum Gasteiger partial charge on any atom is 0.268 e. The van der Waals surface area contributed by atoms with Crippen LogP contribution in [-0.2, 0) is 0 Å². The minimum Gasteiger partial charge on any atom is -0.369 e. The molecule has 1 aromatic carbocycles. The van der Waals surface area contributed by atoms with E-state index in [2.05, 4.69) is 68.5 Å². The zero-order valence-corrected chi connectivity index (χ0v) is 20.9. The Bertz CT molecular complexity index is 1140. The lowest BCUT2D eigenvalue weighted by molar-refractivity contribution is 0.0926. The van der Waals surface area contributed by atoms with Crippen molar-refractivity contribution in [3.63, 3.8) is 0 Å². The number of piperazine rings is 1. The third-order valence-electron chi connectivity index (χ3n) is 7.41. The van der Waals surface area contributed by atoms with Crippen molar-refractivity contribution in [3.05, 3.63) is 42.2 Å². The number of aromatic nitrogens is 3. The topological polar surface area (TPSA) is 87.1 Å². The van der Waals surface area contributed by atoms with Crippen molar-refractivity contribution >= 4 is 34.3 Å². The molecule has 2 aliphatic rings. The Labute approximate surface area is 207 Å². The van der Waals surface area contributed by atoms with Gasteiger partial charge in [0.2, 0.25) is 5.95 Å². The number of benzene rings is 1. The molecule has 1 amide bonds. The highest BCUT2D eigenvalue weighted by Gasteiger charge is 2.25. The summed E-state index contributed by atoms with van der Waals surface area (Å²) in [5.74, 6) is 0.542. The van der Waals surface area contributed by atoms with Gasteiger partial charge in [-0.3, -0.25) is 4.79 Å². The molecular formula is C27H37N7O. The zero-order chi connectivity index (χ0) is 24.2. The number of fused-ring (bicyclic) bond motifs is 1. The summed E-state index contributed by atoms with van der Waals surface area (Å²) in [6.45, 7) is 8.42. The third kappa shape index (κ3) is 5.12. The van der Waals surface area contributed by atoms with Gasteiger partial charge in [-0.25, -0.2) is 4.98 Å². The van der Waals surface area contributed by atoms with Gasteiger partial charge in [-0.1, -0.05) is 26.7 Å². The van der Waals surface area contributed by atoms with Crippen LogP contribution in [0.1, 0.15) is 68.9 Å². The monoisotopic (exact) mass is 475 g/mol. The highest BCUT2D eigenvalue weighted by Crippen LogP contribution is 2.29. The summed E-state index contributed by atoms with van der Waals surface area (Å²) in [4.78, 5) is 25.1. The molecule has 5 rings (SSSR count). The van der Waals surface area contributed by atoms with E-state index in [1.807, 2.05) is 12.3 Å². The first-order chi connectivity index (χ1) is 17.2. The van der Waals surface area contributed by atoms with Gasteiger partial charge in [0.05, 0.1) is 0 Å². The van der Waals surface area contributed by atoms with Crippen LogP contribution >= 0.6 is 0 Å². The summed E-state index contributed by atoms with van der Waals surface area (Å²) < 4.78 is 2.12. The van der Waals surface area contributed by atoms with Crippen LogP contribution in [0.15, 0.2) is 36.5 Å². The second kappa shape index (κ2) is 10.6. The Morgan fingerprint density at radius 2 is 1.83 bits per heavy atom. The number of nitrogens with one attached hydrogen (secondary N) is 3. The molecule has 1 saturated carbocycles. The Balaban J connectivity index is 1.41. The first kappa shape index (κ1) is 23.6. The molecule has 0 radical (unpaired) electrons. The molecule has 1 saturated heterocycles. The average Bonchev–Trinajstić information content (AvgIpc) is 3.54. The van der Waals surface area contributed by atoms with Crippen molar-refractivity contribution < 1.29 is 4.79 Å². The fourth-order valence-corrected chi connectivity index (χ4v) is 5.40. The average molecular weight is 476 g/mol. The summed E-state index contributed by atoms with van der Waals surface area (Å²) in [6.07, 6.45) is 8.21. The van der Waals surface area contributed by atoms with E-state index >= 15 is 0 Å². The van der Waals surface area contributed by atoms with Crippen molar-refractivity contribution in [2.24, 2.45) is 0 Å². The van der Waals surface area contributed by atoms with Gasteiger partial charge < -0.3 is 25.4 Å². The second-order valence-electron chi connectivity index (χ2n) is 9.71. The minimum atomic E-state index is -0.000175. The van der Waals surface area contributed by atoms with Gasteiger partial charge in [-0.15, -0.1) is 0 Å². The standard InChI is InChI=1S/C27H37N7O/c1-3-22(4-2)34-24(26(35)30-20-7-5-6-8-20)17-19-18-29-27(32-25(19)34)31-21-9-11-23(12-10-21)33-15-13-28-14-16-33/h9-12,17-18,20,22,28H,3-8,13-16H2,1-2H3,(H,30,35)(H,29,31,32). The van der Waals surface area contributed by atoms with Gasteiger partial charge >= 0.3 is 0 Å². The van der Waals surface area contributed by atoms with Crippen molar-refractivity contribution in [2.45, 2.75) is 64.5 Å². The lowest BCUT2D eigenvalue weighted by Crippen LogP contribution is -2.43. The number of rotatable bonds is 8. The molecule has 2 aromatic heterocycles. The van der Waals surface area contributed by atoms with E-state index in [0.717, 1.165) is 68.6 Å². The summed E-state index contributed by atoms with van der Waals surface area (Å²) in [5.41, 5.74) is 3.68. The molecule has 1 aliphatic heterocycles. The van der Waals surface area contributed by atoms with Crippen LogP contribution in [0, 0.1) is 0 Å². The van der Waals surface area contributed by atoms with E-state index in [4.69, 9.17) is 4.98 Å². The summed E-state index contributed by atoms with van der Waals surface area (Å²) in [7, 11) is 0. The van der Waals surface area contributed by atoms with Crippen LogP contribution in [0.3, 0.4) is 0 Å². The fraction of sp³-hybridized carbons (Fsp3) is 0.519. The van der Waals surface area contributed by atoms with Gasteiger partial charge in [-0.05, 0) is 56.0 Å². The van der Waals surface area contributed by atoms with Crippen molar-refractivity contribution in [1.29, 1.82) is 0 Å². The number of amides is 1. The molecule has 3 N–H and O–H groups in total. The van der Waals surface area contributed by atoms with Gasteiger partial charge in [0, 0.05) is 61.2 Å². The molecule has 8 nitrogen and oxygen atoms in total. The van der Waals surface area contributed by atoms with Crippen molar-refractivity contribution in [2.75, 3.05) is 36.4 Å². The Morgan fingerprint density at radius 1 is 1.11 bits per heavy atom. The van der Waals surface area contributed by atoms with E-state index in [9.17, 15) is 4.79 Å². The summed E-state index contributed by atoms with van der Waals surface area (Å²) >= 11 is 0. The first-order valence-electron chi connectivity index (χ1n) is 13.2. The van der Waals surface area contributed by atoms with Gasteiger partial charge in [-0.2, -0.15) is 4.98 Å². The van der Waals surface area contributed by atoms with E-state index in [0.29, 0.717) is 11.6 Å². The lowest BCUT2D eigenvalue weighted by Gasteiger charge is -2.29. The molecular weight excluding hydrogens is 438 g/mol. The zero-order valence-electron chi connectivity index (χ0n) is 20.9. The van der Waals surface area contributed by atoms with Crippen molar-refractivity contribution in [1.82, 2.24) is 25.2 Å². The van der Waals surface area contributed by atoms with E-state index < -0.39 is 0 Å². The maximum absolute atomic E-state index is 13.3. The largest absolute Gasteiger partial charge is 0.369 e. The lowest BCUT2D eigenvalue weighted by atomic mass is 10.1. The quantitative estimate of drug-likeness (QED) is 0.441. The van der Waals surface area contributed by atoms with Crippen LogP contribution < -0.4 is 20.9 Å². The molecule has 3 heterocycles. The SMILES string of the molecule is CCC(CC)n1c(C(=O)NC2CCCC2)cc2cnc(Nc3ccc(N4CCNCC4)cc3)nc21. The smallest absolute Gasteiger partial charge is 0.268 e. The molecule has 8 heteroatoms. The van der Waals surface area contributed by atoms with E-state index in [-0.39, 0.29) is 18.0 Å². The Morgan fingerprint density at radius 3 is 2.51 bits per heavy atom. The molecule has 3 aromatic rings. The number of anilines is 3. The number of hydrogen-bond donors (Lipinski definition) is 3. The van der Waals surface area contributed by atoms with Gasteiger partial charge in [0.1, 0.15) is 11.3 Å². The molecule has 186 valence electrons. The van der Waals surface area contributed by atoms with Crippen LogP contribution in [0.25, 0.3) is 11.0 Å². The Kier molecular flexibility index (Phi) is 7.18. The fourth-order valence-electron chi connectivity index (χ4n) is 5.40. The molecule has 0 spiro atoms. The predicted molar refractivity (Wildman–Crippen MR) is 142 cm³/mol. The van der Waals surface area contributed by atoms with E-state index in [1.165, 1.54) is 18.5 Å². The number of nitrogens with zero attached hydrogens (tertiary/aromatic N) is 4. The molecule has 0 unspecified atom stereocenters. The molecule has 35 heavy (non-hydrogen) atoms. The van der Waals surface area contributed by atoms with Gasteiger partial charge in [0.15, 0.2) is 0 Å². The second-order valence-corrected chi connectivity index (χ2v) is 9.71. The normalized spacial score (nSPS) is 16.8. The number of hydrogen-bond acceptors (Lipinski definition) is 6. The van der Waals surface area contributed by atoms with Crippen LogP contribution in [0.2, 0.25) is 0 Å². The van der Waals surface area contributed by atoms with Crippen LogP contribution in [-0.4, -0.2) is 52.7 Å². The highest BCUT2D eigenvalue weighted by atomic mass is 16.2. The first-order valence-corrected chi connectivity index (χ1v) is 13.2. The number of carbonyl (C=O) groups is 1. The number of carbonyl (C=O) groups excluding carboxylic acids is 1. The summed E-state index contributed by atoms with van der Waals surface area (Å²) in [5, 5.41) is 10.9. The predicted octanol–water partition coefficient (Wildman–Crippen LogP) is 4.62. The molecule has 2 fully saturated rings. The van der Waals surface area contributed by atoms with Crippen molar-refractivity contribution in [3.8, 4) is 0 Å². The summed E-state index contributed by atoms with van der Waals surface area (Å²) in [6, 6.07) is 10.9. The van der Waals surface area contributed by atoms with Gasteiger partial charge in [0.25, 0.3) is 5.91 Å². The Hall–Kier alpha value is -3.13. The highest BCUT2D eigenvalue weighted by molar-refractivity contribution is 5.98. The third-order valence-corrected chi connectivity index (χ3v) is 7.41. The van der Waals surface area contributed by atoms with E-state index in [1.54, 1.807) is 0 Å².